The average Bonchev–Trinajstić information content (AvgIpc) is 2.99. The Morgan fingerprint density at radius 2 is 2.25 bits per heavy atom. The third kappa shape index (κ3) is 2.55. The topological polar surface area (TPSA) is 75.3 Å². The van der Waals surface area contributed by atoms with E-state index in [2.05, 4.69) is 9.97 Å². The van der Waals surface area contributed by atoms with Gasteiger partial charge in [0.1, 0.15) is 12.4 Å². The molecule has 1 fully saturated rings. The van der Waals surface area contributed by atoms with E-state index in [4.69, 9.17) is 4.74 Å². The third-order valence-electron chi connectivity index (χ3n) is 3.35. The molecule has 0 radical (unpaired) electrons. The number of amides is 1. The number of carbonyl (C=O) groups excluding carboxylic acids is 1. The Morgan fingerprint density at radius 1 is 1.40 bits per heavy atom. The molecule has 0 bridgehead atoms. The van der Waals surface area contributed by atoms with Crippen LogP contribution in [-0.2, 0) is 16.0 Å². The van der Waals surface area contributed by atoms with Crippen molar-refractivity contribution in [1.82, 2.24) is 14.9 Å². The Kier molecular flexibility index (Phi) is 3.47. The minimum absolute atomic E-state index is 0.00291. The van der Waals surface area contributed by atoms with Gasteiger partial charge in [-0.15, -0.1) is 0 Å². The molecule has 1 aromatic heterocycles. The number of rotatable bonds is 3. The maximum atomic E-state index is 11.9. The number of aryl methyl sites for hydroxylation is 1. The number of hydrogen-bond donors (Lipinski definition) is 1. The Hall–Kier alpha value is -2.21. The molecule has 1 aromatic carbocycles. The molecule has 1 aliphatic rings. The van der Waals surface area contributed by atoms with Crippen LogP contribution < -0.4 is 5.56 Å². The maximum Gasteiger partial charge on any atom is 0.270 e. The lowest BCUT2D eigenvalue weighted by molar-refractivity contribution is -0.131. The third-order valence-corrected chi connectivity index (χ3v) is 3.35. The van der Waals surface area contributed by atoms with E-state index < -0.39 is 0 Å². The molecule has 6 heteroatoms. The lowest BCUT2D eigenvalue weighted by atomic mass is 10.2. The first-order chi connectivity index (χ1) is 9.74. The van der Waals surface area contributed by atoms with Crippen molar-refractivity contribution in [2.24, 2.45) is 0 Å². The molecule has 6 nitrogen and oxygen atoms in total. The number of nitrogens with zero attached hydrogens (tertiary/aromatic N) is 2. The zero-order valence-electron chi connectivity index (χ0n) is 11.0. The molecule has 20 heavy (non-hydrogen) atoms. The summed E-state index contributed by atoms with van der Waals surface area (Å²) in [6.07, 6.45) is 0.618. The molecule has 0 saturated carbocycles. The molecule has 0 aliphatic carbocycles. The quantitative estimate of drug-likeness (QED) is 0.892. The molecule has 104 valence electrons. The predicted octanol–water partition coefficient (Wildman–Crippen LogP) is 0.672. The highest BCUT2D eigenvalue weighted by molar-refractivity contribution is 5.77. The van der Waals surface area contributed by atoms with E-state index in [9.17, 15) is 9.59 Å². The summed E-state index contributed by atoms with van der Waals surface area (Å²) < 4.78 is 5.13. The van der Waals surface area contributed by atoms with Crippen molar-refractivity contribution in [1.29, 1.82) is 0 Å². The van der Waals surface area contributed by atoms with Crippen molar-refractivity contribution >= 4 is 16.9 Å². The van der Waals surface area contributed by atoms with Crippen molar-refractivity contribution in [2.45, 2.75) is 12.8 Å². The molecule has 0 unspecified atom stereocenters. The first kappa shape index (κ1) is 12.8. The summed E-state index contributed by atoms with van der Waals surface area (Å²) in [5.41, 5.74) is 1.62. The second-order valence-corrected chi connectivity index (χ2v) is 4.72. The van der Waals surface area contributed by atoms with E-state index in [0.717, 1.165) is 5.52 Å². The molecule has 3 rings (SSSR count). The first-order valence-corrected chi connectivity index (χ1v) is 6.57. The second kappa shape index (κ2) is 5.42. The van der Waals surface area contributed by atoms with Gasteiger partial charge in [0.15, 0.2) is 0 Å². The van der Waals surface area contributed by atoms with Gasteiger partial charge in [-0.05, 0) is 12.1 Å². The average molecular weight is 273 g/mol. The van der Waals surface area contributed by atoms with Gasteiger partial charge < -0.3 is 14.6 Å². The molecule has 2 heterocycles. The van der Waals surface area contributed by atoms with Crippen LogP contribution in [0.5, 0.6) is 0 Å². The highest BCUT2D eigenvalue weighted by atomic mass is 16.5. The highest BCUT2D eigenvalue weighted by Gasteiger charge is 2.18. The Balaban J connectivity index is 1.75. The first-order valence-electron chi connectivity index (χ1n) is 6.57. The second-order valence-electron chi connectivity index (χ2n) is 4.72. The van der Waals surface area contributed by atoms with Gasteiger partial charge in [0.05, 0.1) is 17.6 Å². The minimum atomic E-state index is -0.228. The normalized spacial score (nSPS) is 14.9. The zero-order valence-corrected chi connectivity index (χ0v) is 11.0. The largest absolute Gasteiger partial charge is 0.359 e. The van der Waals surface area contributed by atoms with E-state index in [1.54, 1.807) is 11.0 Å². The van der Waals surface area contributed by atoms with Crippen LogP contribution in [0.2, 0.25) is 0 Å². The summed E-state index contributed by atoms with van der Waals surface area (Å²) in [5.74, 6) is -0.00291. The summed E-state index contributed by atoms with van der Waals surface area (Å²) in [6.45, 7) is 1.56. The number of aromatic amines is 1. The van der Waals surface area contributed by atoms with E-state index in [0.29, 0.717) is 37.5 Å². The van der Waals surface area contributed by atoms with Crippen LogP contribution >= 0.6 is 0 Å². The summed E-state index contributed by atoms with van der Waals surface area (Å²) in [6, 6.07) is 7.35. The van der Waals surface area contributed by atoms with E-state index >= 15 is 0 Å². The van der Waals surface area contributed by atoms with Gasteiger partial charge in [0, 0.05) is 19.4 Å². The van der Waals surface area contributed by atoms with Crippen molar-refractivity contribution in [2.75, 3.05) is 19.9 Å². The van der Waals surface area contributed by atoms with Crippen LogP contribution in [0.3, 0.4) is 0 Å². The molecule has 0 spiro atoms. The fraction of sp³-hybridized carbons (Fsp3) is 0.357. The summed E-state index contributed by atoms with van der Waals surface area (Å²) >= 11 is 0. The summed E-state index contributed by atoms with van der Waals surface area (Å²) in [5, 5.41) is 0. The molecular weight excluding hydrogens is 258 g/mol. The number of fused-ring (bicyclic) bond motifs is 1. The Morgan fingerprint density at radius 3 is 3.05 bits per heavy atom. The smallest absolute Gasteiger partial charge is 0.270 e. The van der Waals surface area contributed by atoms with Crippen molar-refractivity contribution < 1.29 is 9.53 Å². The van der Waals surface area contributed by atoms with Crippen LogP contribution in [0, 0.1) is 0 Å². The predicted molar refractivity (Wildman–Crippen MR) is 73.2 cm³/mol. The highest BCUT2D eigenvalue weighted by Crippen LogP contribution is 2.08. The van der Waals surface area contributed by atoms with Crippen LogP contribution in [0.25, 0.3) is 11.0 Å². The lowest BCUT2D eigenvalue weighted by Crippen LogP contribution is -2.29. The SMILES string of the molecule is O=C(CCc1nc2ccccc2[nH]c1=O)N1CCOC1. The van der Waals surface area contributed by atoms with Crippen LogP contribution in [-0.4, -0.2) is 40.7 Å². The van der Waals surface area contributed by atoms with E-state index in [-0.39, 0.29) is 17.9 Å². The lowest BCUT2D eigenvalue weighted by Gasteiger charge is -2.12. The molecular formula is C14H15N3O3. The molecule has 1 amide bonds. The Bertz CT molecular complexity index is 689. The molecule has 1 saturated heterocycles. The van der Waals surface area contributed by atoms with Crippen molar-refractivity contribution in [3.8, 4) is 0 Å². The Labute approximate surface area is 115 Å². The number of H-pyrrole nitrogens is 1. The maximum absolute atomic E-state index is 11.9. The van der Waals surface area contributed by atoms with Crippen LogP contribution in [0.15, 0.2) is 29.1 Å². The van der Waals surface area contributed by atoms with E-state index in [1.807, 2.05) is 18.2 Å². The van der Waals surface area contributed by atoms with Gasteiger partial charge in [0.2, 0.25) is 5.91 Å². The van der Waals surface area contributed by atoms with Gasteiger partial charge in [-0.25, -0.2) is 4.98 Å². The number of benzene rings is 1. The van der Waals surface area contributed by atoms with Gasteiger partial charge in [-0.2, -0.15) is 0 Å². The number of carbonyl (C=O) groups is 1. The standard InChI is InChI=1S/C14H15N3O3/c18-13(17-7-8-20-9-17)6-5-12-14(19)16-11-4-2-1-3-10(11)15-12/h1-4H,5-9H2,(H,16,19). The van der Waals surface area contributed by atoms with Crippen molar-refractivity contribution in [3.63, 3.8) is 0 Å². The molecule has 1 aliphatic heterocycles. The van der Waals surface area contributed by atoms with Gasteiger partial charge in [0.25, 0.3) is 5.56 Å². The van der Waals surface area contributed by atoms with Crippen LogP contribution in [0.4, 0.5) is 0 Å². The molecule has 0 atom stereocenters. The summed E-state index contributed by atoms with van der Waals surface area (Å²) in [7, 11) is 0. The van der Waals surface area contributed by atoms with Crippen molar-refractivity contribution in [3.05, 3.63) is 40.3 Å². The summed E-state index contributed by atoms with van der Waals surface area (Å²) in [4.78, 5) is 32.6. The zero-order chi connectivity index (χ0) is 13.9. The number of hydrogen-bond acceptors (Lipinski definition) is 4. The van der Waals surface area contributed by atoms with Gasteiger partial charge >= 0.3 is 0 Å². The molecule has 1 N–H and O–H groups in total. The number of para-hydroxylation sites is 2. The monoisotopic (exact) mass is 273 g/mol. The fourth-order valence-electron chi connectivity index (χ4n) is 2.23. The minimum Gasteiger partial charge on any atom is -0.359 e. The number of nitrogens with one attached hydrogen (secondary N) is 1. The molecule has 2 aromatic rings. The fourth-order valence-corrected chi connectivity index (χ4v) is 2.23. The number of aromatic nitrogens is 2. The van der Waals surface area contributed by atoms with E-state index in [1.165, 1.54) is 0 Å². The number of ether oxygens (including phenoxy) is 1. The van der Waals surface area contributed by atoms with Gasteiger partial charge in [-0.3, -0.25) is 9.59 Å². The van der Waals surface area contributed by atoms with Crippen LogP contribution in [0.1, 0.15) is 12.1 Å². The van der Waals surface area contributed by atoms with Gasteiger partial charge in [-0.1, -0.05) is 12.1 Å².